The van der Waals surface area contributed by atoms with Gasteiger partial charge < -0.3 is 4.74 Å². The highest BCUT2D eigenvalue weighted by molar-refractivity contribution is 6.60. The van der Waals surface area contributed by atoms with Crippen LogP contribution in [0.4, 0.5) is 0 Å². The topological polar surface area (TPSA) is 94.6 Å². The van der Waals surface area contributed by atoms with E-state index < -0.39 is 40.9 Å². The summed E-state index contributed by atoms with van der Waals surface area (Å²) in [6, 6.07) is 9.17. The van der Waals surface area contributed by atoms with Crippen LogP contribution >= 0.6 is 0 Å². The third kappa shape index (κ3) is 3.41. The molecule has 1 fully saturated rings. The molecular weight excluding hydrogens is 300 g/mol. The Bertz CT molecular complexity index is 661. The lowest BCUT2D eigenvalue weighted by Crippen LogP contribution is -2.33. The highest BCUT2D eigenvalue weighted by atomic mass is 16.5. The molecule has 1 aliphatic carbocycles. The molecule has 2 unspecified atom stereocenters. The van der Waals surface area contributed by atoms with Crippen molar-refractivity contribution in [2.75, 3.05) is 6.61 Å². The highest BCUT2D eigenvalue weighted by Gasteiger charge is 2.53. The Morgan fingerprint density at radius 3 is 2.30 bits per heavy atom. The Labute approximate surface area is 132 Å². The standard InChI is InChI=1S/C17H16O6/c1-2-23-17(22)16(21)12-13(18)11(14(19)15(12)20)9-8-10-6-4-3-5-7-10/h3-7,11-12H,2,8-9H2,1H3. The average molecular weight is 316 g/mol. The number of rotatable bonds is 6. The largest absolute Gasteiger partial charge is 0.460 e. The molecule has 0 bridgehead atoms. The van der Waals surface area contributed by atoms with Crippen molar-refractivity contribution in [3.63, 3.8) is 0 Å². The second kappa shape index (κ2) is 7.09. The van der Waals surface area contributed by atoms with Crippen molar-refractivity contribution in [3.8, 4) is 0 Å². The summed E-state index contributed by atoms with van der Waals surface area (Å²) in [5.41, 5.74) is 0.917. The predicted molar refractivity (Wildman–Crippen MR) is 78.4 cm³/mol. The molecule has 0 aromatic heterocycles. The first-order valence-corrected chi connectivity index (χ1v) is 7.34. The quantitative estimate of drug-likeness (QED) is 0.436. The summed E-state index contributed by atoms with van der Waals surface area (Å²) in [4.78, 5) is 59.4. The maximum absolute atomic E-state index is 12.2. The van der Waals surface area contributed by atoms with Crippen LogP contribution in [0.3, 0.4) is 0 Å². The van der Waals surface area contributed by atoms with E-state index >= 15 is 0 Å². The second-order valence-corrected chi connectivity index (χ2v) is 5.23. The summed E-state index contributed by atoms with van der Waals surface area (Å²) < 4.78 is 4.51. The lowest BCUT2D eigenvalue weighted by atomic mass is 9.94. The number of hydrogen-bond acceptors (Lipinski definition) is 6. The Hall–Kier alpha value is -2.63. The van der Waals surface area contributed by atoms with Crippen LogP contribution in [-0.2, 0) is 35.1 Å². The van der Waals surface area contributed by atoms with E-state index in [2.05, 4.69) is 4.74 Å². The molecule has 0 N–H and O–H groups in total. The van der Waals surface area contributed by atoms with Gasteiger partial charge in [0.25, 0.3) is 5.78 Å². The lowest BCUT2D eigenvalue weighted by Gasteiger charge is -2.07. The second-order valence-electron chi connectivity index (χ2n) is 5.23. The Morgan fingerprint density at radius 2 is 1.70 bits per heavy atom. The molecule has 0 saturated heterocycles. The number of benzene rings is 1. The maximum Gasteiger partial charge on any atom is 0.375 e. The molecule has 0 heterocycles. The van der Waals surface area contributed by atoms with Crippen molar-refractivity contribution < 1.29 is 28.7 Å². The van der Waals surface area contributed by atoms with E-state index in [1.165, 1.54) is 6.92 Å². The van der Waals surface area contributed by atoms with Gasteiger partial charge in [-0.3, -0.25) is 19.2 Å². The molecular formula is C17H16O6. The fourth-order valence-electron chi connectivity index (χ4n) is 2.57. The predicted octanol–water partition coefficient (Wildman–Crippen LogP) is 0.705. The number of carbonyl (C=O) groups is 5. The summed E-state index contributed by atoms with van der Waals surface area (Å²) in [5, 5.41) is 0. The third-order valence-corrected chi connectivity index (χ3v) is 3.75. The molecule has 23 heavy (non-hydrogen) atoms. The van der Waals surface area contributed by atoms with Gasteiger partial charge >= 0.3 is 5.97 Å². The fraction of sp³-hybridized carbons (Fsp3) is 0.353. The minimum absolute atomic E-state index is 0.0505. The van der Waals surface area contributed by atoms with E-state index in [-0.39, 0.29) is 13.0 Å². The van der Waals surface area contributed by atoms with E-state index in [4.69, 9.17) is 0 Å². The maximum atomic E-state index is 12.2. The fourth-order valence-corrected chi connectivity index (χ4v) is 2.57. The van der Waals surface area contributed by atoms with Crippen LogP contribution in [0.2, 0.25) is 0 Å². The molecule has 6 nitrogen and oxygen atoms in total. The zero-order valence-electron chi connectivity index (χ0n) is 12.6. The zero-order chi connectivity index (χ0) is 17.0. The van der Waals surface area contributed by atoms with Gasteiger partial charge in [0.2, 0.25) is 11.6 Å². The molecule has 1 aromatic carbocycles. The highest BCUT2D eigenvalue weighted by Crippen LogP contribution is 2.26. The van der Waals surface area contributed by atoms with E-state index in [9.17, 15) is 24.0 Å². The molecule has 6 heteroatoms. The van der Waals surface area contributed by atoms with Gasteiger partial charge in [-0.2, -0.15) is 0 Å². The summed E-state index contributed by atoms with van der Waals surface area (Å²) in [6.45, 7) is 1.45. The molecule has 0 amide bonds. The number of ketones is 4. The van der Waals surface area contributed by atoms with Crippen molar-refractivity contribution in [1.29, 1.82) is 0 Å². The molecule has 0 spiro atoms. The number of aryl methyl sites for hydroxylation is 1. The molecule has 120 valence electrons. The van der Waals surface area contributed by atoms with Gasteiger partial charge in [-0.1, -0.05) is 30.3 Å². The van der Waals surface area contributed by atoms with Crippen LogP contribution in [-0.4, -0.2) is 35.7 Å². The molecule has 1 aliphatic rings. The van der Waals surface area contributed by atoms with Crippen LogP contribution in [0.1, 0.15) is 18.9 Å². The number of esters is 1. The van der Waals surface area contributed by atoms with Gasteiger partial charge in [0.1, 0.15) is 0 Å². The van der Waals surface area contributed by atoms with Gasteiger partial charge in [-0.05, 0) is 25.3 Å². The normalized spacial score (nSPS) is 20.7. The van der Waals surface area contributed by atoms with Crippen LogP contribution in [0.5, 0.6) is 0 Å². The van der Waals surface area contributed by atoms with Crippen molar-refractivity contribution in [3.05, 3.63) is 35.9 Å². The SMILES string of the molecule is CCOC(=O)C(=O)C1C(=O)C(=O)C(CCc2ccccc2)C1=O. The van der Waals surface area contributed by atoms with Gasteiger partial charge in [0.05, 0.1) is 12.5 Å². The minimum atomic E-state index is -1.83. The van der Waals surface area contributed by atoms with Crippen LogP contribution in [0, 0.1) is 11.8 Å². The molecule has 1 saturated carbocycles. The number of Topliss-reactive ketones (excluding diaryl/α,β-unsaturated/α-hetero) is 4. The first-order valence-electron chi connectivity index (χ1n) is 7.34. The Kier molecular flexibility index (Phi) is 5.16. The van der Waals surface area contributed by atoms with Crippen molar-refractivity contribution in [2.24, 2.45) is 11.8 Å². The average Bonchev–Trinajstić information content (AvgIpc) is 2.76. The number of carbonyl (C=O) groups excluding carboxylic acids is 5. The molecule has 1 aromatic rings. The van der Waals surface area contributed by atoms with E-state index in [0.717, 1.165) is 5.56 Å². The summed E-state index contributed by atoms with van der Waals surface area (Å²) in [7, 11) is 0. The lowest BCUT2D eigenvalue weighted by molar-refractivity contribution is -0.157. The minimum Gasteiger partial charge on any atom is -0.460 e. The molecule has 2 atom stereocenters. The van der Waals surface area contributed by atoms with Gasteiger partial charge in [-0.15, -0.1) is 0 Å². The van der Waals surface area contributed by atoms with Gasteiger partial charge in [-0.25, -0.2) is 4.79 Å². The van der Waals surface area contributed by atoms with E-state index in [0.29, 0.717) is 6.42 Å². The Balaban J connectivity index is 2.10. The molecule has 0 aliphatic heterocycles. The summed E-state index contributed by atoms with van der Waals surface area (Å²) in [6.07, 6.45) is 0.566. The monoisotopic (exact) mass is 316 g/mol. The first-order chi connectivity index (χ1) is 11.0. The van der Waals surface area contributed by atoms with Crippen molar-refractivity contribution in [2.45, 2.75) is 19.8 Å². The summed E-state index contributed by atoms with van der Waals surface area (Å²) >= 11 is 0. The number of hydrogen-bond donors (Lipinski definition) is 0. The molecule has 2 rings (SSSR count). The molecule has 0 radical (unpaired) electrons. The number of ether oxygens (including phenoxy) is 1. The zero-order valence-corrected chi connectivity index (χ0v) is 12.6. The third-order valence-electron chi connectivity index (χ3n) is 3.75. The van der Waals surface area contributed by atoms with Crippen molar-refractivity contribution in [1.82, 2.24) is 0 Å². The van der Waals surface area contributed by atoms with Crippen LogP contribution in [0.25, 0.3) is 0 Å². The van der Waals surface area contributed by atoms with Gasteiger partial charge in [0, 0.05) is 0 Å². The summed E-state index contributed by atoms with van der Waals surface area (Å²) in [5.74, 6) is -8.30. The Morgan fingerprint density at radius 1 is 1.04 bits per heavy atom. The van der Waals surface area contributed by atoms with E-state index in [1.54, 1.807) is 0 Å². The van der Waals surface area contributed by atoms with E-state index in [1.807, 2.05) is 30.3 Å². The van der Waals surface area contributed by atoms with Crippen LogP contribution in [0.15, 0.2) is 30.3 Å². The first kappa shape index (κ1) is 16.7. The van der Waals surface area contributed by atoms with Gasteiger partial charge in [0.15, 0.2) is 11.7 Å². The van der Waals surface area contributed by atoms with Crippen LogP contribution < -0.4 is 0 Å². The van der Waals surface area contributed by atoms with Crippen molar-refractivity contribution >= 4 is 29.1 Å². The smallest absolute Gasteiger partial charge is 0.375 e.